The molecule has 24 heavy (non-hydrogen) atoms. The molecule has 1 spiro atoms. The smallest absolute Gasteiger partial charge is 0.252 e. The van der Waals surface area contributed by atoms with Gasteiger partial charge in [-0.2, -0.15) is 4.99 Å². The molecule has 128 valence electrons. The van der Waals surface area contributed by atoms with Gasteiger partial charge in [-0.25, -0.2) is 4.99 Å². The summed E-state index contributed by atoms with van der Waals surface area (Å²) in [5.41, 5.74) is 12.6. The van der Waals surface area contributed by atoms with Crippen molar-refractivity contribution in [1.82, 2.24) is 5.32 Å². The number of amides is 1. The van der Waals surface area contributed by atoms with E-state index in [1.807, 2.05) is 11.0 Å². The highest BCUT2D eigenvalue weighted by atomic mass is 35.5. The Bertz CT molecular complexity index is 723. The van der Waals surface area contributed by atoms with Gasteiger partial charge in [-0.05, 0) is 43.9 Å². The molecule has 0 radical (unpaired) electrons. The van der Waals surface area contributed by atoms with E-state index < -0.39 is 5.66 Å². The van der Waals surface area contributed by atoms with Gasteiger partial charge < -0.3 is 16.8 Å². The van der Waals surface area contributed by atoms with Crippen LogP contribution in [0.1, 0.15) is 42.5 Å². The molecule has 0 aromatic heterocycles. The highest BCUT2D eigenvalue weighted by Crippen LogP contribution is 2.40. The van der Waals surface area contributed by atoms with Crippen LogP contribution in [0.25, 0.3) is 0 Å². The summed E-state index contributed by atoms with van der Waals surface area (Å²) < 4.78 is 0. The lowest BCUT2D eigenvalue weighted by molar-refractivity contribution is 0.0963. The lowest BCUT2D eigenvalue weighted by Gasteiger charge is -2.45. The van der Waals surface area contributed by atoms with Crippen LogP contribution in [0, 0.1) is 0 Å². The Hall–Kier alpha value is -2.28. The van der Waals surface area contributed by atoms with Gasteiger partial charge in [0.2, 0.25) is 11.9 Å². The third-order valence-corrected chi connectivity index (χ3v) is 4.86. The second-order valence-corrected chi connectivity index (χ2v) is 6.47. The van der Waals surface area contributed by atoms with E-state index in [9.17, 15) is 4.79 Å². The van der Waals surface area contributed by atoms with E-state index in [0.29, 0.717) is 10.6 Å². The molecule has 0 atom stereocenters. The predicted octanol–water partition coefficient (Wildman–Crippen LogP) is 1.81. The second-order valence-electron chi connectivity index (χ2n) is 6.06. The number of carbonyl (C=O) groups excluding carboxylic acids is 1. The summed E-state index contributed by atoms with van der Waals surface area (Å²) in [6.07, 6.45) is 4.91. The fraction of sp³-hybridized carbons (Fsp3) is 0.438. The molecule has 1 heterocycles. The van der Waals surface area contributed by atoms with Gasteiger partial charge >= 0.3 is 0 Å². The topological polar surface area (TPSA) is 109 Å². The van der Waals surface area contributed by atoms with Crippen molar-refractivity contribution in [2.24, 2.45) is 21.5 Å². The van der Waals surface area contributed by atoms with Gasteiger partial charge in [0.05, 0.1) is 10.6 Å². The number of carbonyl (C=O) groups is 1. The van der Waals surface area contributed by atoms with E-state index in [1.54, 1.807) is 19.2 Å². The van der Waals surface area contributed by atoms with Crippen molar-refractivity contribution >= 4 is 35.1 Å². The number of nitrogens with one attached hydrogen (secondary N) is 1. The number of rotatable bonds is 2. The maximum absolute atomic E-state index is 12.0. The number of halogens is 1. The van der Waals surface area contributed by atoms with Gasteiger partial charge in [-0.1, -0.05) is 18.0 Å². The monoisotopic (exact) mass is 348 g/mol. The summed E-state index contributed by atoms with van der Waals surface area (Å²) in [7, 11) is 1.57. The van der Waals surface area contributed by atoms with E-state index in [0.717, 1.165) is 37.8 Å². The first-order valence-electron chi connectivity index (χ1n) is 7.98. The van der Waals surface area contributed by atoms with Crippen LogP contribution in [0.5, 0.6) is 0 Å². The first-order chi connectivity index (χ1) is 11.5. The van der Waals surface area contributed by atoms with E-state index in [1.165, 1.54) is 0 Å². The summed E-state index contributed by atoms with van der Waals surface area (Å²) in [5.74, 6) is 0.232. The molecule has 1 fully saturated rings. The van der Waals surface area contributed by atoms with Crippen molar-refractivity contribution in [2.75, 3.05) is 11.9 Å². The fourth-order valence-electron chi connectivity index (χ4n) is 3.46. The molecule has 1 aliphatic carbocycles. The number of nitrogens with two attached hydrogens (primary N) is 2. The maximum atomic E-state index is 12.0. The van der Waals surface area contributed by atoms with E-state index in [2.05, 4.69) is 15.3 Å². The van der Waals surface area contributed by atoms with E-state index in [4.69, 9.17) is 23.1 Å². The molecule has 1 aromatic carbocycles. The van der Waals surface area contributed by atoms with Crippen LogP contribution in [-0.4, -0.2) is 30.5 Å². The zero-order valence-electron chi connectivity index (χ0n) is 13.6. The maximum Gasteiger partial charge on any atom is 0.252 e. The lowest BCUT2D eigenvalue weighted by atomic mass is 9.87. The SMILES string of the molecule is CNC(=O)c1cc(N2C(N)=NC(N)=NC23CCCCC3)ccc1Cl. The normalized spacial score (nSPS) is 19.7. The van der Waals surface area contributed by atoms with Crippen molar-refractivity contribution in [3.63, 3.8) is 0 Å². The summed E-state index contributed by atoms with van der Waals surface area (Å²) in [4.78, 5) is 22.7. The van der Waals surface area contributed by atoms with Gasteiger partial charge in [-0.3, -0.25) is 9.69 Å². The lowest BCUT2D eigenvalue weighted by Crippen LogP contribution is -2.58. The number of aliphatic imine (C=N–C) groups is 2. The second kappa shape index (κ2) is 6.32. The molecule has 1 aromatic rings. The van der Waals surface area contributed by atoms with Crippen LogP contribution >= 0.6 is 11.6 Å². The zero-order chi connectivity index (χ0) is 17.3. The Labute approximate surface area is 145 Å². The first kappa shape index (κ1) is 16.6. The van der Waals surface area contributed by atoms with Crippen molar-refractivity contribution < 1.29 is 4.79 Å². The minimum Gasteiger partial charge on any atom is -0.369 e. The molecule has 0 unspecified atom stereocenters. The van der Waals surface area contributed by atoms with Crippen molar-refractivity contribution in [3.05, 3.63) is 28.8 Å². The van der Waals surface area contributed by atoms with Crippen LogP contribution in [0.15, 0.2) is 28.2 Å². The molecule has 8 heteroatoms. The molecule has 1 amide bonds. The molecule has 7 nitrogen and oxygen atoms in total. The molecule has 0 saturated heterocycles. The average molecular weight is 349 g/mol. The van der Waals surface area contributed by atoms with Gasteiger partial charge in [0, 0.05) is 12.7 Å². The standard InChI is InChI=1S/C16H21ClN6O/c1-20-13(24)11-9-10(5-6-12(11)17)23-15(19)21-14(18)22-16(23)7-3-2-4-8-16/h5-6,9H,2-4,7-8H2,1H3,(H,20,24)(H4,18,19,21,22). The number of nitrogens with zero attached hydrogens (tertiary/aromatic N) is 3. The Kier molecular flexibility index (Phi) is 4.36. The molecule has 2 aliphatic rings. The zero-order valence-corrected chi connectivity index (χ0v) is 14.3. The van der Waals surface area contributed by atoms with Crippen LogP contribution in [0.4, 0.5) is 5.69 Å². The fourth-order valence-corrected chi connectivity index (χ4v) is 3.66. The third-order valence-electron chi connectivity index (χ3n) is 4.53. The average Bonchev–Trinajstić information content (AvgIpc) is 2.55. The quantitative estimate of drug-likeness (QED) is 0.757. The summed E-state index contributed by atoms with van der Waals surface area (Å²) >= 11 is 6.16. The molecule has 5 N–H and O–H groups in total. The summed E-state index contributed by atoms with van der Waals surface area (Å²) in [6.45, 7) is 0. The van der Waals surface area contributed by atoms with Gasteiger partial charge in [0.15, 0.2) is 0 Å². The molecular weight excluding hydrogens is 328 g/mol. The van der Waals surface area contributed by atoms with Crippen molar-refractivity contribution in [1.29, 1.82) is 0 Å². The van der Waals surface area contributed by atoms with Crippen LogP contribution in [-0.2, 0) is 0 Å². The van der Waals surface area contributed by atoms with Crippen LogP contribution in [0.2, 0.25) is 5.02 Å². The Morgan fingerprint density at radius 1 is 1.29 bits per heavy atom. The number of anilines is 1. The Morgan fingerprint density at radius 3 is 2.67 bits per heavy atom. The number of guanidine groups is 2. The Morgan fingerprint density at radius 2 is 2.00 bits per heavy atom. The van der Waals surface area contributed by atoms with Crippen LogP contribution in [0.3, 0.4) is 0 Å². The molecule has 1 saturated carbocycles. The summed E-state index contributed by atoms with van der Waals surface area (Å²) in [5, 5.41) is 2.97. The number of hydrogen-bond acceptors (Lipinski definition) is 6. The highest BCUT2D eigenvalue weighted by molar-refractivity contribution is 6.34. The first-order valence-corrected chi connectivity index (χ1v) is 8.36. The third kappa shape index (κ3) is 2.80. The molecule has 1 aliphatic heterocycles. The minimum atomic E-state index is -0.540. The van der Waals surface area contributed by atoms with Gasteiger partial charge in [-0.15, -0.1) is 0 Å². The largest absolute Gasteiger partial charge is 0.369 e. The van der Waals surface area contributed by atoms with E-state index in [-0.39, 0.29) is 17.8 Å². The summed E-state index contributed by atoms with van der Waals surface area (Å²) in [6, 6.07) is 5.23. The molecular formula is C16H21ClN6O. The minimum absolute atomic E-state index is 0.200. The van der Waals surface area contributed by atoms with Crippen molar-refractivity contribution in [2.45, 2.75) is 37.8 Å². The number of hydrogen-bond donors (Lipinski definition) is 3. The predicted molar refractivity (Wildman–Crippen MR) is 96.4 cm³/mol. The van der Waals surface area contributed by atoms with E-state index >= 15 is 0 Å². The van der Waals surface area contributed by atoms with Gasteiger partial charge in [0.1, 0.15) is 5.66 Å². The van der Waals surface area contributed by atoms with Crippen molar-refractivity contribution in [3.8, 4) is 0 Å². The van der Waals surface area contributed by atoms with Crippen LogP contribution < -0.4 is 21.7 Å². The Balaban J connectivity index is 2.09. The molecule has 0 bridgehead atoms. The molecule has 3 rings (SSSR count). The van der Waals surface area contributed by atoms with Gasteiger partial charge in [0.25, 0.3) is 5.91 Å². The number of benzene rings is 1. The highest BCUT2D eigenvalue weighted by Gasteiger charge is 2.42.